The van der Waals surface area contributed by atoms with Crippen molar-refractivity contribution >= 4 is 5.82 Å². The molecule has 114 valence electrons. The minimum atomic E-state index is -4.60. The molecule has 0 spiro atoms. The molecular weight excluding hydrogens is 283 g/mol. The number of rotatable bonds is 4. The Balaban J connectivity index is 2.48. The fourth-order valence-electron chi connectivity index (χ4n) is 1.72. The molecule has 0 aliphatic carbocycles. The SMILES string of the molecule is CCNc1cc(-n2ccc(C(C)C)n2)nc(C(F)(F)F)n1. The van der Waals surface area contributed by atoms with Crippen LogP contribution in [0.5, 0.6) is 0 Å². The first-order valence-electron chi connectivity index (χ1n) is 6.57. The van der Waals surface area contributed by atoms with E-state index in [1.165, 1.54) is 10.7 Å². The van der Waals surface area contributed by atoms with Gasteiger partial charge in [0.1, 0.15) is 5.82 Å². The van der Waals surface area contributed by atoms with E-state index in [4.69, 9.17) is 0 Å². The highest BCUT2D eigenvalue weighted by Crippen LogP contribution is 2.28. The summed E-state index contributed by atoms with van der Waals surface area (Å²) in [5.41, 5.74) is 0.784. The zero-order valence-electron chi connectivity index (χ0n) is 11.9. The van der Waals surface area contributed by atoms with Gasteiger partial charge in [-0.1, -0.05) is 13.8 Å². The first-order chi connectivity index (χ1) is 9.81. The number of aromatic nitrogens is 4. The van der Waals surface area contributed by atoms with Crippen LogP contribution in [0.4, 0.5) is 19.0 Å². The second kappa shape index (κ2) is 5.71. The zero-order chi connectivity index (χ0) is 15.6. The van der Waals surface area contributed by atoms with Crippen LogP contribution in [0.2, 0.25) is 0 Å². The lowest BCUT2D eigenvalue weighted by molar-refractivity contribution is -0.144. The molecule has 21 heavy (non-hydrogen) atoms. The average molecular weight is 299 g/mol. The molecule has 0 fully saturated rings. The van der Waals surface area contributed by atoms with Crippen molar-refractivity contribution in [2.75, 3.05) is 11.9 Å². The summed E-state index contributed by atoms with van der Waals surface area (Å²) in [5.74, 6) is -0.794. The standard InChI is InChI=1S/C13H16F3N5/c1-4-17-10-7-11(19-12(18-10)13(14,15)16)21-6-5-9(20-21)8(2)3/h5-8H,4H2,1-3H3,(H,17,18,19). The van der Waals surface area contributed by atoms with Gasteiger partial charge in [-0.15, -0.1) is 0 Å². The third-order valence-corrected chi connectivity index (χ3v) is 2.76. The summed E-state index contributed by atoms with van der Waals surface area (Å²) in [6.07, 6.45) is -3.01. The Kier molecular flexibility index (Phi) is 4.15. The smallest absolute Gasteiger partial charge is 0.370 e. The molecule has 0 saturated heterocycles. The van der Waals surface area contributed by atoms with Gasteiger partial charge in [0, 0.05) is 18.8 Å². The van der Waals surface area contributed by atoms with Gasteiger partial charge in [-0.2, -0.15) is 18.3 Å². The first kappa shape index (κ1) is 15.3. The van der Waals surface area contributed by atoms with Crippen molar-refractivity contribution in [1.82, 2.24) is 19.7 Å². The Bertz CT molecular complexity index is 619. The number of hydrogen-bond acceptors (Lipinski definition) is 4. The summed E-state index contributed by atoms with van der Waals surface area (Å²) in [6, 6.07) is 3.20. The fraction of sp³-hybridized carbons (Fsp3) is 0.462. The first-order valence-corrected chi connectivity index (χ1v) is 6.57. The molecule has 2 aromatic heterocycles. The topological polar surface area (TPSA) is 55.6 Å². The van der Waals surface area contributed by atoms with Gasteiger partial charge in [0.05, 0.1) is 5.69 Å². The minimum Gasteiger partial charge on any atom is -0.370 e. The number of halogens is 3. The van der Waals surface area contributed by atoms with Crippen molar-refractivity contribution < 1.29 is 13.2 Å². The Morgan fingerprint density at radius 2 is 2.00 bits per heavy atom. The van der Waals surface area contributed by atoms with Crippen LogP contribution in [0, 0.1) is 0 Å². The van der Waals surface area contributed by atoms with Crippen LogP contribution in [0.25, 0.3) is 5.82 Å². The summed E-state index contributed by atoms with van der Waals surface area (Å²) in [6.45, 7) is 6.15. The van der Waals surface area contributed by atoms with Crippen molar-refractivity contribution in [2.24, 2.45) is 0 Å². The lowest BCUT2D eigenvalue weighted by Crippen LogP contribution is -2.15. The van der Waals surface area contributed by atoms with Gasteiger partial charge in [-0.3, -0.25) is 0 Å². The van der Waals surface area contributed by atoms with Crippen molar-refractivity contribution in [1.29, 1.82) is 0 Å². The zero-order valence-corrected chi connectivity index (χ0v) is 11.9. The van der Waals surface area contributed by atoms with Crippen LogP contribution in [0.15, 0.2) is 18.3 Å². The summed E-state index contributed by atoms with van der Waals surface area (Å²) in [7, 11) is 0. The summed E-state index contributed by atoms with van der Waals surface area (Å²) >= 11 is 0. The van der Waals surface area contributed by atoms with Gasteiger partial charge in [-0.25, -0.2) is 14.6 Å². The van der Waals surface area contributed by atoms with Crippen LogP contribution >= 0.6 is 0 Å². The minimum absolute atomic E-state index is 0.0835. The average Bonchev–Trinajstić information content (AvgIpc) is 2.87. The maximum atomic E-state index is 12.9. The summed E-state index contributed by atoms with van der Waals surface area (Å²) in [5, 5.41) is 7.00. The molecular formula is C13H16F3N5. The molecule has 0 unspecified atom stereocenters. The van der Waals surface area contributed by atoms with E-state index in [0.29, 0.717) is 6.54 Å². The van der Waals surface area contributed by atoms with Crippen molar-refractivity contribution in [2.45, 2.75) is 32.9 Å². The normalized spacial score (nSPS) is 12.0. The van der Waals surface area contributed by atoms with Crippen LogP contribution in [0.1, 0.15) is 38.2 Å². The van der Waals surface area contributed by atoms with E-state index in [9.17, 15) is 13.2 Å². The fourth-order valence-corrected chi connectivity index (χ4v) is 1.72. The van der Waals surface area contributed by atoms with Gasteiger partial charge in [0.2, 0.25) is 5.82 Å². The number of alkyl halides is 3. The highest BCUT2D eigenvalue weighted by atomic mass is 19.4. The Morgan fingerprint density at radius 3 is 2.52 bits per heavy atom. The van der Waals surface area contributed by atoms with Gasteiger partial charge in [-0.05, 0) is 18.9 Å². The Labute approximate surface area is 120 Å². The molecule has 2 aromatic rings. The van der Waals surface area contributed by atoms with Gasteiger partial charge in [0.15, 0.2) is 5.82 Å². The van der Waals surface area contributed by atoms with Gasteiger partial charge >= 0.3 is 6.18 Å². The number of nitrogens with one attached hydrogen (secondary N) is 1. The van der Waals surface area contributed by atoms with Crippen LogP contribution in [0.3, 0.4) is 0 Å². The predicted octanol–water partition coefficient (Wildman–Crippen LogP) is 3.24. The molecule has 2 rings (SSSR count). The highest BCUT2D eigenvalue weighted by molar-refractivity contribution is 5.41. The molecule has 0 aromatic carbocycles. The van der Waals surface area contributed by atoms with E-state index < -0.39 is 12.0 Å². The van der Waals surface area contributed by atoms with Crippen molar-refractivity contribution in [3.63, 3.8) is 0 Å². The maximum absolute atomic E-state index is 12.9. The molecule has 8 heteroatoms. The van der Waals surface area contributed by atoms with E-state index in [-0.39, 0.29) is 17.6 Å². The molecule has 0 saturated carbocycles. The lowest BCUT2D eigenvalue weighted by Gasteiger charge is -2.10. The van der Waals surface area contributed by atoms with Gasteiger partial charge < -0.3 is 5.32 Å². The number of hydrogen-bond donors (Lipinski definition) is 1. The molecule has 0 aliphatic rings. The quantitative estimate of drug-likeness (QED) is 0.941. The number of anilines is 1. The van der Waals surface area contributed by atoms with Crippen LogP contribution in [-0.4, -0.2) is 26.3 Å². The van der Waals surface area contributed by atoms with E-state index in [2.05, 4.69) is 20.4 Å². The Morgan fingerprint density at radius 1 is 1.29 bits per heavy atom. The molecule has 0 atom stereocenters. The molecule has 0 bridgehead atoms. The van der Waals surface area contributed by atoms with E-state index in [0.717, 1.165) is 5.69 Å². The summed E-state index contributed by atoms with van der Waals surface area (Å²) < 4.78 is 39.9. The summed E-state index contributed by atoms with van der Waals surface area (Å²) in [4.78, 5) is 7.03. The monoisotopic (exact) mass is 299 g/mol. The van der Waals surface area contributed by atoms with Crippen molar-refractivity contribution in [3.05, 3.63) is 29.8 Å². The second-order valence-corrected chi connectivity index (χ2v) is 4.80. The third-order valence-electron chi connectivity index (χ3n) is 2.76. The van der Waals surface area contributed by atoms with Crippen molar-refractivity contribution in [3.8, 4) is 5.82 Å². The molecule has 1 N–H and O–H groups in total. The third kappa shape index (κ3) is 3.50. The molecule has 5 nitrogen and oxygen atoms in total. The second-order valence-electron chi connectivity index (χ2n) is 4.80. The lowest BCUT2D eigenvalue weighted by atomic mass is 10.1. The largest absolute Gasteiger partial charge is 0.451 e. The van der Waals surface area contributed by atoms with Crippen LogP contribution < -0.4 is 5.32 Å². The molecule has 0 radical (unpaired) electrons. The number of nitrogens with zero attached hydrogens (tertiary/aromatic N) is 4. The van der Waals surface area contributed by atoms with Gasteiger partial charge in [0.25, 0.3) is 0 Å². The maximum Gasteiger partial charge on any atom is 0.451 e. The van der Waals surface area contributed by atoms with E-state index in [1.807, 2.05) is 13.8 Å². The Hall–Kier alpha value is -2.12. The predicted molar refractivity (Wildman–Crippen MR) is 72.4 cm³/mol. The highest BCUT2D eigenvalue weighted by Gasteiger charge is 2.35. The van der Waals surface area contributed by atoms with Crippen LogP contribution in [-0.2, 0) is 6.18 Å². The molecule has 2 heterocycles. The molecule has 0 amide bonds. The van der Waals surface area contributed by atoms with E-state index in [1.54, 1.807) is 19.2 Å². The molecule has 0 aliphatic heterocycles. The van der Waals surface area contributed by atoms with E-state index >= 15 is 0 Å².